The Morgan fingerprint density at radius 2 is 1.89 bits per heavy atom. The van der Waals surface area contributed by atoms with Crippen molar-refractivity contribution in [3.63, 3.8) is 0 Å². The Hall–Kier alpha value is -1.39. The van der Waals surface area contributed by atoms with Gasteiger partial charge in [-0.05, 0) is 44.2 Å². The molecule has 0 radical (unpaired) electrons. The molecule has 0 aromatic heterocycles. The van der Waals surface area contributed by atoms with Crippen LogP contribution in [0.5, 0.6) is 0 Å². The number of amides is 1. The smallest absolute Gasteiger partial charge is 0.255 e. The van der Waals surface area contributed by atoms with Gasteiger partial charge in [0.1, 0.15) is 0 Å². The number of piperidine rings is 1. The number of benzene rings is 1. The van der Waals surface area contributed by atoms with Crippen LogP contribution in [0, 0.1) is 5.92 Å². The summed E-state index contributed by atoms with van der Waals surface area (Å²) in [5.74, 6) is 0.728. The van der Waals surface area contributed by atoms with Crippen LogP contribution in [0.1, 0.15) is 56.9 Å². The van der Waals surface area contributed by atoms with E-state index in [-0.39, 0.29) is 5.91 Å². The molecule has 0 bridgehead atoms. The Morgan fingerprint density at radius 3 is 2.63 bits per heavy atom. The molecule has 1 unspecified atom stereocenters. The van der Waals surface area contributed by atoms with Crippen LogP contribution >= 0.6 is 0 Å². The predicted molar refractivity (Wildman–Crippen MR) is 110 cm³/mol. The van der Waals surface area contributed by atoms with Gasteiger partial charge >= 0.3 is 0 Å². The first-order chi connectivity index (χ1) is 13.1. The summed E-state index contributed by atoms with van der Waals surface area (Å²) in [5, 5.41) is 11.1. The number of hydrogen-bond donors (Lipinski definition) is 1. The number of carbonyl (C=O) groups excluding carboxylic acids is 1. The monoisotopic (exact) mass is 372 g/mol. The number of rotatable bonds is 8. The van der Waals surface area contributed by atoms with Crippen molar-refractivity contribution in [3.05, 3.63) is 35.9 Å². The lowest BCUT2D eigenvalue weighted by Crippen LogP contribution is -2.58. The second-order valence-electron chi connectivity index (χ2n) is 8.69. The van der Waals surface area contributed by atoms with Crippen molar-refractivity contribution < 1.29 is 9.90 Å². The minimum absolute atomic E-state index is 0.0453. The number of likely N-dealkylation sites (tertiary alicyclic amines) is 1. The number of hydrogen-bond acceptors (Lipinski definition) is 3. The summed E-state index contributed by atoms with van der Waals surface area (Å²) in [6.07, 6.45) is 10.2. The number of likely N-dealkylation sites (N-methyl/N-ethyl adjacent to an activating group) is 1. The van der Waals surface area contributed by atoms with Gasteiger partial charge in [-0.2, -0.15) is 0 Å². The molecule has 27 heavy (non-hydrogen) atoms. The molecule has 2 fully saturated rings. The van der Waals surface area contributed by atoms with E-state index in [9.17, 15) is 9.90 Å². The van der Waals surface area contributed by atoms with E-state index >= 15 is 0 Å². The molecule has 1 atom stereocenters. The van der Waals surface area contributed by atoms with Gasteiger partial charge in [-0.1, -0.05) is 62.4 Å². The van der Waals surface area contributed by atoms with Crippen molar-refractivity contribution in [3.8, 4) is 0 Å². The predicted octanol–water partition coefficient (Wildman–Crippen LogP) is 3.48. The third-order valence-corrected chi connectivity index (χ3v) is 6.39. The molecule has 0 spiro atoms. The van der Waals surface area contributed by atoms with Crippen LogP contribution in [0.2, 0.25) is 0 Å². The molecule has 1 N–H and O–H groups in total. The molecule has 1 aliphatic carbocycles. The van der Waals surface area contributed by atoms with Gasteiger partial charge in [-0.3, -0.25) is 4.79 Å². The second-order valence-corrected chi connectivity index (χ2v) is 8.69. The molecule has 1 aromatic rings. The van der Waals surface area contributed by atoms with Crippen LogP contribution in [-0.4, -0.2) is 59.6 Å². The van der Waals surface area contributed by atoms with Crippen molar-refractivity contribution in [1.82, 2.24) is 9.80 Å². The highest BCUT2D eigenvalue weighted by molar-refractivity contribution is 5.86. The number of aliphatic hydroxyl groups is 1. The number of nitrogens with zero attached hydrogens (tertiary/aromatic N) is 2. The minimum Gasteiger partial charge on any atom is -0.379 e. The normalized spacial score (nSPS) is 24.6. The minimum atomic E-state index is -1.21. The van der Waals surface area contributed by atoms with Crippen LogP contribution < -0.4 is 0 Å². The molecule has 4 nitrogen and oxygen atoms in total. The molecule has 3 rings (SSSR count). The fraction of sp³-hybridized carbons (Fsp3) is 0.696. The molecular formula is C23H36N2O2. The van der Waals surface area contributed by atoms with Crippen molar-refractivity contribution in [2.45, 2.75) is 63.4 Å². The summed E-state index contributed by atoms with van der Waals surface area (Å²) < 4.78 is 0. The van der Waals surface area contributed by atoms with Crippen LogP contribution in [0.3, 0.4) is 0 Å². The molecule has 1 saturated heterocycles. The molecule has 1 saturated carbocycles. The maximum atomic E-state index is 13.0. The highest BCUT2D eigenvalue weighted by Gasteiger charge is 2.42. The molecule has 2 aliphatic rings. The quantitative estimate of drug-likeness (QED) is 0.760. The Morgan fingerprint density at radius 1 is 1.15 bits per heavy atom. The van der Waals surface area contributed by atoms with Crippen molar-refractivity contribution in [1.29, 1.82) is 0 Å². The van der Waals surface area contributed by atoms with E-state index < -0.39 is 5.60 Å². The fourth-order valence-electron chi connectivity index (χ4n) is 4.73. The first-order valence-electron chi connectivity index (χ1n) is 10.8. The van der Waals surface area contributed by atoms with Gasteiger partial charge in [0.05, 0.1) is 0 Å². The SMILES string of the molecule is CN(CCc1ccccc1)CC1(O)CCCN(CCC2CCCCC2)C1=O. The van der Waals surface area contributed by atoms with Crippen molar-refractivity contribution in [2.24, 2.45) is 5.92 Å². The van der Waals surface area contributed by atoms with Crippen LogP contribution in [0.15, 0.2) is 30.3 Å². The third-order valence-electron chi connectivity index (χ3n) is 6.39. The molecule has 1 amide bonds. The Kier molecular flexibility index (Phi) is 7.31. The van der Waals surface area contributed by atoms with Crippen LogP contribution in [0.4, 0.5) is 0 Å². The molecule has 1 heterocycles. The first-order valence-corrected chi connectivity index (χ1v) is 10.8. The maximum Gasteiger partial charge on any atom is 0.255 e. The average Bonchev–Trinajstić information content (AvgIpc) is 2.69. The number of carbonyl (C=O) groups is 1. The molecule has 1 aromatic carbocycles. The van der Waals surface area contributed by atoms with Gasteiger partial charge in [0.15, 0.2) is 5.60 Å². The lowest BCUT2D eigenvalue weighted by molar-refractivity contribution is -0.159. The lowest BCUT2D eigenvalue weighted by atomic mass is 9.86. The molecule has 4 heteroatoms. The summed E-state index contributed by atoms with van der Waals surface area (Å²) in [4.78, 5) is 17.0. The maximum absolute atomic E-state index is 13.0. The van der Waals surface area contributed by atoms with E-state index in [2.05, 4.69) is 29.2 Å². The van der Waals surface area contributed by atoms with Gasteiger partial charge in [0, 0.05) is 26.2 Å². The van der Waals surface area contributed by atoms with E-state index in [1.807, 2.05) is 18.0 Å². The summed E-state index contributed by atoms with van der Waals surface area (Å²) in [6.45, 7) is 2.90. The van der Waals surface area contributed by atoms with Crippen LogP contribution in [0.25, 0.3) is 0 Å². The largest absolute Gasteiger partial charge is 0.379 e. The molecule has 1 aliphatic heterocycles. The van der Waals surface area contributed by atoms with E-state index in [0.29, 0.717) is 13.0 Å². The summed E-state index contributed by atoms with van der Waals surface area (Å²) in [5.41, 5.74) is 0.0800. The molecule has 150 valence electrons. The van der Waals surface area contributed by atoms with E-state index in [1.54, 1.807) is 0 Å². The summed E-state index contributed by atoms with van der Waals surface area (Å²) in [6, 6.07) is 10.4. The first kappa shape index (κ1) is 20.3. The fourth-order valence-corrected chi connectivity index (χ4v) is 4.73. The Balaban J connectivity index is 1.48. The highest BCUT2D eigenvalue weighted by atomic mass is 16.3. The second kappa shape index (κ2) is 9.70. The van der Waals surface area contributed by atoms with Crippen molar-refractivity contribution in [2.75, 3.05) is 33.2 Å². The Bertz CT molecular complexity index is 585. The van der Waals surface area contributed by atoms with Gasteiger partial charge in [-0.25, -0.2) is 0 Å². The standard InChI is InChI=1S/C23H36N2O2/c1-24(17-13-20-9-4-2-5-10-20)19-23(27)15-8-16-25(22(23)26)18-14-21-11-6-3-7-12-21/h2,4-5,9-10,21,27H,3,6-8,11-19H2,1H3. The summed E-state index contributed by atoms with van der Waals surface area (Å²) in [7, 11) is 2.01. The highest BCUT2D eigenvalue weighted by Crippen LogP contribution is 2.28. The van der Waals surface area contributed by atoms with Gasteiger partial charge in [0.25, 0.3) is 5.91 Å². The summed E-state index contributed by atoms with van der Waals surface area (Å²) >= 11 is 0. The Labute approximate surface area is 164 Å². The zero-order valence-corrected chi connectivity index (χ0v) is 16.9. The van der Waals surface area contributed by atoms with Gasteiger partial charge in [-0.15, -0.1) is 0 Å². The zero-order chi connectivity index (χ0) is 19.1. The topological polar surface area (TPSA) is 43.8 Å². The van der Waals surface area contributed by atoms with Crippen LogP contribution in [-0.2, 0) is 11.2 Å². The van der Waals surface area contributed by atoms with E-state index in [0.717, 1.165) is 44.8 Å². The van der Waals surface area contributed by atoms with E-state index in [4.69, 9.17) is 0 Å². The van der Waals surface area contributed by atoms with Gasteiger partial charge in [0.2, 0.25) is 0 Å². The van der Waals surface area contributed by atoms with Crippen molar-refractivity contribution >= 4 is 5.91 Å². The zero-order valence-electron chi connectivity index (χ0n) is 16.9. The lowest BCUT2D eigenvalue weighted by Gasteiger charge is -2.40. The molecular weight excluding hydrogens is 336 g/mol. The average molecular weight is 373 g/mol. The van der Waals surface area contributed by atoms with E-state index in [1.165, 1.54) is 37.7 Å². The van der Waals surface area contributed by atoms with Gasteiger partial charge < -0.3 is 14.9 Å². The third kappa shape index (κ3) is 5.79.